The fourth-order valence-corrected chi connectivity index (χ4v) is 2.97. The van der Waals surface area contributed by atoms with Gasteiger partial charge in [0.25, 0.3) is 5.91 Å². The third-order valence-corrected chi connectivity index (χ3v) is 4.45. The van der Waals surface area contributed by atoms with Crippen LogP contribution in [0.15, 0.2) is 36.4 Å². The summed E-state index contributed by atoms with van der Waals surface area (Å²) in [5.41, 5.74) is 0.583. The van der Waals surface area contributed by atoms with Gasteiger partial charge in [0.05, 0.1) is 5.69 Å². The van der Waals surface area contributed by atoms with Crippen molar-refractivity contribution in [3.05, 3.63) is 59.2 Å². The molecule has 0 spiro atoms. The van der Waals surface area contributed by atoms with Crippen molar-refractivity contribution >= 4 is 23.3 Å². The summed E-state index contributed by atoms with van der Waals surface area (Å²) in [6.07, 6.45) is 0. The highest BCUT2D eigenvalue weighted by Gasteiger charge is 2.25. The van der Waals surface area contributed by atoms with E-state index >= 15 is 0 Å². The van der Waals surface area contributed by atoms with Crippen LogP contribution in [0.5, 0.6) is 0 Å². The molecule has 2 heterocycles. The van der Waals surface area contributed by atoms with Gasteiger partial charge in [-0.25, -0.2) is 14.2 Å². The predicted octanol–water partition coefficient (Wildman–Crippen LogP) is 2.08. The smallest absolute Gasteiger partial charge is 0.354 e. The number of piperazine rings is 1. The molecule has 140 valence electrons. The number of benzene rings is 1. The molecule has 1 aliphatic rings. The Morgan fingerprint density at radius 1 is 1.04 bits per heavy atom. The minimum atomic E-state index is -1.20. The SMILES string of the molecule is CC(=O)c1ccc(N2CCN(C(=O)c3cccc(C(=O)O)n3)CC2)c(F)c1. The van der Waals surface area contributed by atoms with Gasteiger partial charge in [-0.1, -0.05) is 6.07 Å². The number of pyridine rings is 1. The number of ketones is 1. The van der Waals surface area contributed by atoms with Crippen molar-refractivity contribution < 1.29 is 23.9 Å². The third-order valence-electron chi connectivity index (χ3n) is 4.45. The second-order valence-electron chi connectivity index (χ2n) is 6.21. The van der Waals surface area contributed by atoms with Gasteiger partial charge in [0, 0.05) is 31.7 Å². The van der Waals surface area contributed by atoms with Crippen molar-refractivity contribution in [2.24, 2.45) is 0 Å². The number of carbonyl (C=O) groups excluding carboxylic acids is 2. The first kappa shape index (κ1) is 18.5. The molecule has 0 bridgehead atoms. The Balaban J connectivity index is 1.68. The minimum absolute atomic E-state index is 0.0698. The molecule has 1 amide bonds. The zero-order valence-electron chi connectivity index (χ0n) is 14.7. The van der Waals surface area contributed by atoms with E-state index in [-0.39, 0.29) is 23.1 Å². The highest BCUT2D eigenvalue weighted by atomic mass is 19.1. The highest BCUT2D eigenvalue weighted by molar-refractivity contribution is 5.95. The van der Waals surface area contributed by atoms with E-state index in [0.29, 0.717) is 37.4 Å². The Morgan fingerprint density at radius 2 is 1.70 bits per heavy atom. The van der Waals surface area contributed by atoms with Crippen LogP contribution in [-0.4, -0.2) is 58.8 Å². The van der Waals surface area contributed by atoms with Crippen molar-refractivity contribution in [1.82, 2.24) is 9.88 Å². The molecule has 27 heavy (non-hydrogen) atoms. The summed E-state index contributed by atoms with van der Waals surface area (Å²) in [5, 5.41) is 8.99. The molecule has 1 aromatic heterocycles. The number of aromatic carboxylic acids is 1. The normalized spacial score (nSPS) is 14.1. The lowest BCUT2D eigenvalue weighted by atomic mass is 10.1. The molecule has 1 fully saturated rings. The Morgan fingerprint density at radius 3 is 2.30 bits per heavy atom. The number of halogens is 1. The number of amides is 1. The number of nitrogens with zero attached hydrogens (tertiary/aromatic N) is 3. The van der Waals surface area contributed by atoms with Gasteiger partial charge in [-0.3, -0.25) is 9.59 Å². The molecule has 1 N–H and O–H groups in total. The second-order valence-corrected chi connectivity index (χ2v) is 6.21. The molecule has 1 aliphatic heterocycles. The summed E-state index contributed by atoms with van der Waals surface area (Å²) in [6, 6.07) is 8.65. The van der Waals surface area contributed by atoms with Crippen LogP contribution >= 0.6 is 0 Å². The molecule has 0 radical (unpaired) electrons. The molecule has 3 rings (SSSR count). The fourth-order valence-electron chi connectivity index (χ4n) is 2.97. The lowest BCUT2D eigenvalue weighted by Gasteiger charge is -2.36. The number of carbonyl (C=O) groups is 3. The van der Waals surface area contributed by atoms with E-state index < -0.39 is 11.8 Å². The zero-order chi connectivity index (χ0) is 19.6. The van der Waals surface area contributed by atoms with Crippen LogP contribution in [0.3, 0.4) is 0 Å². The van der Waals surface area contributed by atoms with Crippen molar-refractivity contribution in [2.45, 2.75) is 6.92 Å². The summed E-state index contributed by atoms with van der Waals surface area (Å²) < 4.78 is 14.3. The van der Waals surface area contributed by atoms with Gasteiger partial charge in [-0.15, -0.1) is 0 Å². The van der Waals surface area contributed by atoms with E-state index in [1.807, 2.05) is 4.90 Å². The lowest BCUT2D eigenvalue weighted by molar-refractivity contribution is 0.0689. The van der Waals surface area contributed by atoms with Crippen LogP contribution in [0.4, 0.5) is 10.1 Å². The van der Waals surface area contributed by atoms with E-state index in [4.69, 9.17) is 5.11 Å². The van der Waals surface area contributed by atoms with Gasteiger partial charge < -0.3 is 14.9 Å². The lowest BCUT2D eigenvalue weighted by Crippen LogP contribution is -2.49. The number of anilines is 1. The standard InChI is InChI=1S/C19H18FN3O4/c1-12(24)13-5-6-17(14(20)11-13)22-7-9-23(10-8-22)18(25)15-3-2-4-16(21-15)19(26)27/h2-6,11H,7-10H2,1H3,(H,26,27). The van der Waals surface area contributed by atoms with Crippen LogP contribution in [0.25, 0.3) is 0 Å². The number of hydrogen-bond acceptors (Lipinski definition) is 5. The quantitative estimate of drug-likeness (QED) is 0.828. The van der Waals surface area contributed by atoms with E-state index in [2.05, 4.69) is 4.98 Å². The van der Waals surface area contributed by atoms with Crippen LogP contribution in [0, 0.1) is 5.82 Å². The summed E-state index contributed by atoms with van der Waals surface area (Å²) in [4.78, 5) is 42.1. The van der Waals surface area contributed by atoms with Gasteiger partial charge in [0.2, 0.25) is 0 Å². The molecule has 0 saturated carbocycles. The van der Waals surface area contributed by atoms with Gasteiger partial charge in [-0.2, -0.15) is 0 Å². The Hall–Kier alpha value is -3.29. The van der Waals surface area contributed by atoms with Crippen molar-refractivity contribution in [3.63, 3.8) is 0 Å². The first-order valence-electron chi connectivity index (χ1n) is 8.42. The summed E-state index contributed by atoms with van der Waals surface area (Å²) in [5.74, 6) is -2.23. The summed E-state index contributed by atoms with van der Waals surface area (Å²) >= 11 is 0. The van der Waals surface area contributed by atoms with E-state index in [9.17, 15) is 18.8 Å². The van der Waals surface area contributed by atoms with Gasteiger partial charge in [-0.05, 0) is 37.3 Å². The number of aromatic nitrogens is 1. The van der Waals surface area contributed by atoms with E-state index in [0.717, 1.165) is 0 Å². The predicted molar refractivity (Wildman–Crippen MR) is 95.7 cm³/mol. The summed E-state index contributed by atoms with van der Waals surface area (Å²) in [7, 11) is 0. The first-order chi connectivity index (χ1) is 12.9. The monoisotopic (exact) mass is 371 g/mol. The number of hydrogen-bond donors (Lipinski definition) is 1. The molecular formula is C19H18FN3O4. The molecule has 0 aliphatic carbocycles. The van der Waals surface area contributed by atoms with Crippen LogP contribution in [0.1, 0.15) is 38.3 Å². The van der Waals surface area contributed by atoms with Gasteiger partial charge in [0.1, 0.15) is 17.2 Å². The average molecular weight is 371 g/mol. The van der Waals surface area contributed by atoms with Crippen molar-refractivity contribution in [3.8, 4) is 0 Å². The molecule has 1 aromatic carbocycles. The number of carboxylic acids is 1. The largest absolute Gasteiger partial charge is 0.477 e. The molecule has 0 unspecified atom stereocenters. The maximum absolute atomic E-state index is 14.3. The molecule has 2 aromatic rings. The number of rotatable bonds is 4. The first-order valence-corrected chi connectivity index (χ1v) is 8.42. The Kier molecular flexibility index (Phi) is 5.16. The maximum atomic E-state index is 14.3. The second kappa shape index (κ2) is 7.53. The van der Waals surface area contributed by atoms with Crippen LogP contribution < -0.4 is 4.90 Å². The van der Waals surface area contributed by atoms with Gasteiger partial charge in [0.15, 0.2) is 5.78 Å². The topological polar surface area (TPSA) is 90.8 Å². The maximum Gasteiger partial charge on any atom is 0.354 e. The van der Waals surface area contributed by atoms with Crippen LogP contribution in [-0.2, 0) is 0 Å². The van der Waals surface area contributed by atoms with Crippen molar-refractivity contribution in [2.75, 3.05) is 31.1 Å². The fraction of sp³-hybridized carbons (Fsp3) is 0.263. The highest BCUT2D eigenvalue weighted by Crippen LogP contribution is 2.22. The number of Topliss-reactive ketones (excluding diaryl/α,β-unsaturated/α-hetero) is 1. The zero-order valence-corrected chi connectivity index (χ0v) is 14.7. The van der Waals surface area contributed by atoms with E-state index in [1.54, 1.807) is 17.0 Å². The molecule has 8 heteroatoms. The molecular weight excluding hydrogens is 353 g/mol. The van der Waals surface area contributed by atoms with Crippen molar-refractivity contribution in [1.29, 1.82) is 0 Å². The van der Waals surface area contributed by atoms with E-state index in [1.165, 1.54) is 31.2 Å². The molecule has 7 nitrogen and oxygen atoms in total. The van der Waals surface area contributed by atoms with Crippen LogP contribution in [0.2, 0.25) is 0 Å². The Labute approximate surface area is 155 Å². The third kappa shape index (κ3) is 3.94. The van der Waals surface area contributed by atoms with Gasteiger partial charge >= 0.3 is 5.97 Å². The molecule has 1 saturated heterocycles. The summed E-state index contributed by atoms with van der Waals surface area (Å²) in [6.45, 7) is 2.92. The molecule has 0 atom stereocenters. The minimum Gasteiger partial charge on any atom is -0.477 e. The number of carboxylic acid groups (broad SMARTS) is 1. The average Bonchev–Trinajstić information content (AvgIpc) is 2.67. The Bertz CT molecular complexity index is 908.